The number of aryl methyl sites for hydroxylation is 1. The Morgan fingerprint density at radius 1 is 1.45 bits per heavy atom. The Kier molecular flexibility index (Phi) is 6.47. The molecule has 0 bridgehead atoms. The lowest BCUT2D eigenvalue weighted by molar-refractivity contribution is 0.379. The molecule has 7 heteroatoms. The molecule has 0 aliphatic carbocycles. The van der Waals surface area contributed by atoms with E-state index in [4.69, 9.17) is 0 Å². The third-order valence-electron chi connectivity index (χ3n) is 3.50. The van der Waals surface area contributed by atoms with E-state index < -0.39 is 10.0 Å². The van der Waals surface area contributed by atoms with E-state index in [2.05, 4.69) is 21.2 Å². The number of nitrogens with zero attached hydrogens (tertiary/aromatic N) is 1. The summed E-state index contributed by atoms with van der Waals surface area (Å²) in [6, 6.07) is 5.46. The molecular weight excluding hydrogens is 364 g/mol. The summed E-state index contributed by atoms with van der Waals surface area (Å²) in [4.78, 5) is 0.407. The molecule has 4 nitrogen and oxygen atoms in total. The molecule has 0 saturated carbocycles. The highest BCUT2D eigenvalue weighted by Gasteiger charge is 2.35. The van der Waals surface area contributed by atoms with Gasteiger partial charge in [0.25, 0.3) is 0 Å². The van der Waals surface area contributed by atoms with E-state index in [-0.39, 0.29) is 18.4 Å². The lowest BCUT2D eigenvalue weighted by Crippen LogP contribution is -2.40. The summed E-state index contributed by atoms with van der Waals surface area (Å²) >= 11 is 3.35. The van der Waals surface area contributed by atoms with Crippen molar-refractivity contribution in [1.82, 2.24) is 9.62 Å². The molecule has 1 aromatic carbocycles. The van der Waals surface area contributed by atoms with E-state index in [1.807, 2.05) is 26.1 Å². The van der Waals surface area contributed by atoms with Crippen LogP contribution >= 0.6 is 28.3 Å². The number of benzene rings is 1. The van der Waals surface area contributed by atoms with Crippen molar-refractivity contribution < 1.29 is 8.42 Å². The largest absolute Gasteiger partial charge is 0.318 e. The van der Waals surface area contributed by atoms with E-state index >= 15 is 0 Å². The average Bonchev–Trinajstić information content (AvgIpc) is 2.81. The van der Waals surface area contributed by atoms with Crippen molar-refractivity contribution in [2.45, 2.75) is 30.7 Å². The van der Waals surface area contributed by atoms with E-state index in [1.165, 1.54) is 0 Å². The van der Waals surface area contributed by atoms with Crippen LogP contribution in [0.3, 0.4) is 0 Å². The van der Waals surface area contributed by atoms with E-state index in [0.29, 0.717) is 18.0 Å². The quantitative estimate of drug-likeness (QED) is 0.869. The summed E-state index contributed by atoms with van der Waals surface area (Å²) in [5.74, 6) is 0. The fourth-order valence-corrected chi connectivity index (χ4v) is 5.00. The van der Waals surface area contributed by atoms with Crippen molar-refractivity contribution in [1.29, 1.82) is 0 Å². The van der Waals surface area contributed by atoms with Gasteiger partial charge in [0.1, 0.15) is 0 Å². The molecule has 1 atom stereocenters. The van der Waals surface area contributed by atoms with Gasteiger partial charge in [0.2, 0.25) is 10.0 Å². The molecule has 0 aromatic heterocycles. The molecule has 114 valence electrons. The molecule has 1 unspecified atom stereocenters. The van der Waals surface area contributed by atoms with Crippen LogP contribution in [-0.4, -0.2) is 38.9 Å². The van der Waals surface area contributed by atoms with Crippen LogP contribution < -0.4 is 5.32 Å². The Hall–Kier alpha value is -0.140. The summed E-state index contributed by atoms with van der Waals surface area (Å²) in [5.41, 5.74) is 0.790. The molecule has 1 N–H and O–H groups in total. The molecular formula is C13H20BrClN2O2S. The highest BCUT2D eigenvalue weighted by atomic mass is 79.9. The van der Waals surface area contributed by atoms with Gasteiger partial charge in [-0.15, -0.1) is 12.4 Å². The summed E-state index contributed by atoms with van der Waals surface area (Å²) in [7, 11) is -1.55. The zero-order valence-electron chi connectivity index (χ0n) is 11.6. The van der Waals surface area contributed by atoms with Crippen molar-refractivity contribution in [3.05, 3.63) is 28.2 Å². The van der Waals surface area contributed by atoms with Crippen LogP contribution in [0.25, 0.3) is 0 Å². The number of nitrogens with one attached hydrogen (secondary N) is 1. The normalized spacial score (nSPS) is 19.9. The van der Waals surface area contributed by atoms with E-state index in [9.17, 15) is 8.42 Å². The van der Waals surface area contributed by atoms with Gasteiger partial charge < -0.3 is 5.32 Å². The van der Waals surface area contributed by atoms with Crippen LogP contribution in [0, 0.1) is 6.92 Å². The summed E-state index contributed by atoms with van der Waals surface area (Å²) in [5, 5.41) is 3.07. The number of rotatable bonds is 4. The first-order chi connectivity index (χ1) is 8.96. The Labute approximate surface area is 135 Å². The summed E-state index contributed by atoms with van der Waals surface area (Å²) in [6.07, 6.45) is 1.85. The topological polar surface area (TPSA) is 49.4 Å². The molecule has 0 amide bonds. The summed E-state index contributed by atoms with van der Waals surface area (Å²) in [6.45, 7) is 3.15. The highest BCUT2D eigenvalue weighted by molar-refractivity contribution is 9.10. The molecule has 1 heterocycles. The smallest absolute Gasteiger partial charge is 0.243 e. The molecule has 0 radical (unpaired) electrons. The maximum absolute atomic E-state index is 12.8. The fourth-order valence-electron chi connectivity index (χ4n) is 2.54. The average molecular weight is 384 g/mol. The van der Waals surface area contributed by atoms with Crippen molar-refractivity contribution in [2.75, 3.05) is 20.1 Å². The highest BCUT2D eigenvalue weighted by Crippen LogP contribution is 2.29. The molecule has 1 fully saturated rings. The first-order valence-electron chi connectivity index (χ1n) is 6.39. The third-order valence-corrected chi connectivity index (χ3v) is 6.09. The van der Waals surface area contributed by atoms with Crippen molar-refractivity contribution in [2.24, 2.45) is 0 Å². The maximum atomic E-state index is 12.8. The van der Waals surface area contributed by atoms with Gasteiger partial charge >= 0.3 is 0 Å². The lowest BCUT2D eigenvalue weighted by atomic mass is 10.2. The summed E-state index contributed by atoms with van der Waals surface area (Å²) < 4.78 is 28.0. The maximum Gasteiger partial charge on any atom is 0.243 e. The minimum Gasteiger partial charge on any atom is -0.318 e. The predicted octanol–water partition coefficient (Wildman–Crippen LogP) is 2.55. The standard InChI is InChI=1S/C13H19BrN2O2S.ClH/c1-10-5-6-11(14)8-13(10)19(17,18)16-7-3-4-12(16)9-15-2;/h5-6,8,12,15H,3-4,7,9H2,1-2H3;1H. The second kappa shape index (κ2) is 7.22. The number of hydrogen-bond donors (Lipinski definition) is 1. The number of halogens is 2. The second-order valence-electron chi connectivity index (χ2n) is 4.88. The molecule has 1 aliphatic rings. The van der Waals surface area contributed by atoms with Gasteiger partial charge in [-0.2, -0.15) is 4.31 Å². The monoisotopic (exact) mass is 382 g/mol. The molecule has 1 aliphatic heterocycles. The van der Waals surface area contributed by atoms with E-state index in [1.54, 1.807) is 10.4 Å². The van der Waals surface area contributed by atoms with Crippen LogP contribution in [0.15, 0.2) is 27.6 Å². The van der Waals surface area contributed by atoms with Gasteiger partial charge in [-0.3, -0.25) is 0 Å². The zero-order valence-corrected chi connectivity index (χ0v) is 14.8. The van der Waals surface area contributed by atoms with Crippen LogP contribution in [0.5, 0.6) is 0 Å². The minimum atomic E-state index is -3.40. The van der Waals surface area contributed by atoms with Gasteiger partial charge in [0.05, 0.1) is 4.90 Å². The van der Waals surface area contributed by atoms with Gasteiger partial charge in [0.15, 0.2) is 0 Å². The number of sulfonamides is 1. The first-order valence-corrected chi connectivity index (χ1v) is 8.62. The third kappa shape index (κ3) is 3.54. The van der Waals surface area contributed by atoms with Crippen LogP contribution in [0.1, 0.15) is 18.4 Å². The molecule has 1 saturated heterocycles. The van der Waals surface area contributed by atoms with Gasteiger partial charge in [-0.05, 0) is 44.5 Å². The first kappa shape index (κ1) is 17.9. The zero-order chi connectivity index (χ0) is 14.0. The van der Waals surface area contributed by atoms with Gasteiger partial charge in [-0.1, -0.05) is 22.0 Å². The van der Waals surface area contributed by atoms with Gasteiger partial charge in [-0.25, -0.2) is 8.42 Å². The Bertz CT molecular complexity index is 565. The molecule has 20 heavy (non-hydrogen) atoms. The van der Waals surface area contributed by atoms with Gasteiger partial charge in [0, 0.05) is 23.6 Å². The Morgan fingerprint density at radius 3 is 2.80 bits per heavy atom. The van der Waals surface area contributed by atoms with E-state index in [0.717, 1.165) is 22.9 Å². The van der Waals surface area contributed by atoms with Crippen molar-refractivity contribution >= 4 is 38.4 Å². The Balaban J connectivity index is 0.00000200. The van der Waals surface area contributed by atoms with Crippen LogP contribution in [-0.2, 0) is 10.0 Å². The second-order valence-corrected chi connectivity index (χ2v) is 7.65. The molecule has 1 aromatic rings. The SMILES string of the molecule is CNCC1CCCN1S(=O)(=O)c1cc(Br)ccc1C.Cl. The lowest BCUT2D eigenvalue weighted by Gasteiger charge is -2.24. The number of hydrogen-bond acceptors (Lipinski definition) is 3. The Morgan fingerprint density at radius 2 is 2.15 bits per heavy atom. The van der Waals surface area contributed by atoms with Crippen LogP contribution in [0.4, 0.5) is 0 Å². The van der Waals surface area contributed by atoms with Crippen molar-refractivity contribution in [3.8, 4) is 0 Å². The minimum absolute atomic E-state index is 0. The van der Waals surface area contributed by atoms with Crippen LogP contribution in [0.2, 0.25) is 0 Å². The fraction of sp³-hybridized carbons (Fsp3) is 0.538. The molecule has 2 rings (SSSR count). The molecule has 0 spiro atoms. The number of likely N-dealkylation sites (N-methyl/N-ethyl adjacent to an activating group) is 1. The predicted molar refractivity (Wildman–Crippen MR) is 87.0 cm³/mol. The van der Waals surface area contributed by atoms with Crippen molar-refractivity contribution in [3.63, 3.8) is 0 Å².